The van der Waals surface area contributed by atoms with Gasteiger partial charge in [-0.2, -0.15) is 0 Å². The predicted octanol–water partition coefficient (Wildman–Crippen LogP) is 1.46. The molecule has 2 bridgehead atoms. The summed E-state index contributed by atoms with van der Waals surface area (Å²) in [5, 5.41) is 0. The second kappa shape index (κ2) is 5.95. The van der Waals surface area contributed by atoms with Gasteiger partial charge in [-0.1, -0.05) is 6.08 Å². The standard InChI is InChI=1S/C19H19NO6/c1-3-24-13-6-4-12(5-7-13)20-17(22)15-14-8-9-19(26-14,10-25-11(2)21)16(15)18(20)23/h4-9,14-16H,3,10H2,1-2H3/t14-,15+,16-,19+/m1/s1. The number of hydrogen-bond donors (Lipinski definition) is 0. The maximum atomic E-state index is 13.1. The molecule has 3 aliphatic rings. The maximum Gasteiger partial charge on any atom is 0.302 e. The molecule has 0 spiro atoms. The number of amides is 2. The summed E-state index contributed by atoms with van der Waals surface area (Å²) in [6.45, 7) is 3.64. The Morgan fingerprint density at radius 3 is 2.62 bits per heavy atom. The molecule has 0 radical (unpaired) electrons. The van der Waals surface area contributed by atoms with Crippen molar-refractivity contribution < 1.29 is 28.6 Å². The Hall–Kier alpha value is -2.67. The molecule has 1 aromatic carbocycles. The van der Waals surface area contributed by atoms with Crippen LogP contribution in [0, 0.1) is 11.8 Å². The molecule has 0 aliphatic carbocycles. The molecule has 4 atom stereocenters. The average Bonchev–Trinajstić information content (AvgIpc) is 3.25. The first kappa shape index (κ1) is 16.8. The number of rotatable bonds is 5. The first-order valence-electron chi connectivity index (χ1n) is 8.58. The Morgan fingerprint density at radius 1 is 1.23 bits per heavy atom. The number of esters is 1. The molecule has 7 nitrogen and oxygen atoms in total. The second-order valence-corrected chi connectivity index (χ2v) is 6.62. The van der Waals surface area contributed by atoms with Crippen LogP contribution in [0.3, 0.4) is 0 Å². The lowest BCUT2D eigenvalue weighted by Gasteiger charge is -2.28. The Kier molecular flexibility index (Phi) is 3.84. The summed E-state index contributed by atoms with van der Waals surface area (Å²) in [7, 11) is 0. The molecule has 4 rings (SSSR count). The van der Waals surface area contributed by atoms with Gasteiger partial charge in [0.15, 0.2) is 0 Å². The highest BCUT2D eigenvalue weighted by atomic mass is 16.6. The molecule has 136 valence electrons. The maximum absolute atomic E-state index is 13.1. The highest BCUT2D eigenvalue weighted by Crippen LogP contribution is 2.52. The average molecular weight is 357 g/mol. The highest BCUT2D eigenvalue weighted by molar-refractivity contribution is 6.23. The van der Waals surface area contributed by atoms with Crippen molar-refractivity contribution in [2.24, 2.45) is 11.8 Å². The van der Waals surface area contributed by atoms with Crippen molar-refractivity contribution in [3.05, 3.63) is 36.4 Å². The van der Waals surface area contributed by atoms with Crippen LogP contribution < -0.4 is 9.64 Å². The molecule has 1 aromatic rings. The Labute approximate surface area is 150 Å². The van der Waals surface area contributed by atoms with Crippen molar-refractivity contribution in [2.45, 2.75) is 25.6 Å². The Balaban J connectivity index is 1.63. The van der Waals surface area contributed by atoms with Crippen molar-refractivity contribution in [3.63, 3.8) is 0 Å². The smallest absolute Gasteiger partial charge is 0.302 e. The fourth-order valence-corrected chi connectivity index (χ4v) is 3.99. The largest absolute Gasteiger partial charge is 0.494 e. The number of imide groups is 1. The predicted molar refractivity (Wildman–Crippen MR) is 90.5 cm³/mol. The van der Waals surface area contributed by atoms with Gasteiger partial charge in [0.1, 0.15) is 18.0 Å². The molecule has 2 saturated heterocycles. The number of benzene rings is 1. The Bertz CT molecular complexity index is 801. The topological polar surface area (TPSA) is 82.1 Å². The van der Waals surface area contributed by atoms with Crippen LogP contribution in [0.4, 0.5) is 5.69 Å². The van der Waals surface area contributed by atoms with E-state index in [9.17, 15) is 14.4 Å². The van der Waals surface area contributed by atoms with Crippen molar-refractivity contribution in [1.29, 1.82) is 0 Å². The molecule has 0 N–H and O–H groups in total. The van der Waals surface area contributed by atoms with Crippen LogP contribution in [0.5, 0.6) is 5.75 Å². The van der Waals surface area contributed by atoms with Gasteiger partial charge in [-0.05, 0) is 37.3 Å². The zero-order chi connectivity index (χ0) is 18.5. The number of anilines is 1. The van der Waals surface area contributed by atoms with Crippen molar-refractivity contribution in [3.8, 4) is 5.75 Å². The summed E-state index contributed by atoms with van der Waals surface area (Å²) >= 11 is 0. The molecular formula is C19H19NO6. The number of hydrogen-bond acceptors (Lipinski definition) is 6. The van der Waals surface area contributed by atoms with Crippen LogP contribution in [-0.4, -0.2) is 42.7 Å². The van der Waals surface area contributed by atoms with Crippen LogP contribution in [-0.2, 0) is 23.9 Å². The van der Waals surface area contributed by atoms with E-state index in [1.807, 2.05) is 6.92 Å². The van der Waals surface area contributed by atoms with Gasteiger partial charge in [0, 0.05) is 6.92 Å². The fourth-order valence-electron chi connectivity index (χ4n) is 3.99. The molecule has 0 unspecified atom stereocenters. The fraction of sp³-hybridized carbons (Fsp3) is 0.421. The molecule has 2 fully saturated rings. The van der Waals surface area contributed by atoms with Gasteiger partial charge in [0.05, 0.1) is 30.2 Å². The monoisotopic (exact) mass is 357 g/mol. The normalized spacial score (nSPS) is 31.5. The molecule has 2 amide bonds. The van der Waals surface area contributed by atoms with Gasteiger partial charge in [-0.25, -0.2) is 4.90 Å². The van der Waals surface area contributed by atoms with Crippen LogP contribution in [0.25, 0.3) is 0 Å². The van der Waals surface area contributed by atoms with Crippen LogP contribution >= 0.6 is 0 Å². The minimum Gasteiger partial charge on any atom is -0.494 e. The minimum atomic E-state index is -1.06. The summed E-state index contributed by atoms with van der Waals surface area (Å²) in [5.74, 6) is -1.67. The van der Waals surface area contributed by atoms with E-state index in [2.05, 4.69) is 0 Å². The van der Waals surface area contributed by atoms with Gasteiger partial charge in [-0.3, -0.25) is 14.4 Å². The summed E-state index contributed by atoms with van der Waals surface area (Å²) in [5.41, 5.74) is -0.562. The van der Waals surface area contributed by atoms with E-state index in [4.69, 9.17) is 14.2 Å². The number of fused-ring (bicyclic) bond motifs is 5. The van der Waals surface area contributed by atoms with Gasteiger partial charge in [0.25, 0.3) is 0 Å². The van der Waals surface area contributed by atoms with Crippen molar-refractivity contribution in [1.82, 2.24) is 0 Å². The Morgan fingerprint density at radius 2 is 1.96 bits per heavy atom. The van der Waals surface area contributed by atoms with Crippen LogP contribution in [0.2, 0.25) is 0 Å². The third kappa shape index (κ3) is 2.34. The molecule has 7 heteroatoms. The third-order valence-electron chi connectivity index (χ3n) is 5.06. The van der Waals surface area contributed by atoms with E-state index in [0.29, 0.717) is 18.0 Å². The SMILES string of the molecule is CCOc1ccc(N2C(=O)[C@H]3[C@H]4C=C[C@@](COC(C)=O)(O4)[C@H]3C2=O)cc1. The van der Waals surface area contributed by atoms with Gasteiger partial charge in [0.2, 0.25) is 11.8 Å². The minimum absolute atomic E-state index is 0.0767. The quantitative estimate of drug-likeness (QED) is 0.451. The first-order valence-corrected chi connectivity index (χ1v) is 8.58. The van der Waals surface area contributed by atoms with E-state index >= 15 is 0 Å². The number of ether oxygens (including phenoxy) is 3. The number of carbonyl (C=O) groups excluding carboxylic acids is 3. The van der Waals surface area contributed by atoms with Crippen molar-refractivity contribution >= 4 is 23.5 Å². The lowest BCUT2D eigenvalue weighted by molar-refractivity contribution is -0.150. The third-order valence-corrected chi connectivity index (χ3v) is 5.06. The molecule has 26 heavy (non-hydrogen) atoms. The molecule has 3 heterocycles. The first-order chi connectivity index (χ1) is 12.5. The van der Waals surface area contributed by atoms with Gasteiger partial charge >= 0.3 is 5.97 Å². The zero-order valence-electron chi connectivity index (χ0n) is 14.5. The lowest BCUT2D eigenvalue weighted by Crippen LogP contribution is -2.44. The van der Waals surface area contributed by atoms with Crippen molar-refractivity contribution in [2.75, 3.05) is 18.1 Å². The van der Waals surface area contributed by atoms with E-state index in [1.165, 1.54) is 11.8 Å². The van der Waals surface area contributed by atoms with Crippen LogP contribution in [0.1, 0.15) is 13.8 Å². The summed E-state index contributed by atoms with van der Waals surface area (Å²) in [4.78, 5) is 38.4. The molecule has 0 saturated carbocycles. The highest BCUT2D eigenvalue weighted by Gasteiger charge is 2.68. The zero-order valence-corrected chi connectivity index (χ0v) is 14.5. The van der Waals surface area contributed by atoms with E-state index < -0.39 is 29.5 Å². The second-order valence-electron chi connectivity index (χ2n) is 6.62. The number of carbonyl (C=O) groups is 3. The molecule has 3 aliphatic heterocycles. The lowest BCUT2D eigenvalue weighted by atomic mass is 9.77. The summed E-state index contributed by atoms with van der Waals surface area (Å²) < 4.78 is 16.4. The molecule has 0 aromatic heterocycles. The van der Waals surface area contributed by atoms with E-state index in [0.717, 1.165) is 0 Å². The summed E-state index contributed by atoms with van der Waals surface area (Å²) in [6.07, 6.45) is 3.05. The van der Waals surface area contributed by atoms with Gasteiger partial charge in [-0.15, -0.1) is 0 Å². The number of nitrogens with zero attached hydrogens (tertiary/aromatic N) is 1. The van der Waals surface area contributed by atoms with Crippen LogP contribution in [0.15, 0.2) is 36.4 Å². The molecular weight excluding hydrogens is 338 g/mol. The summed E-state index contributed by atoms with van der Waals surface area (Å²) in [6, 6.07) is 6.84. The van der Waals surface area contributed by atoms with E-state index in [1.54, 1.807) is 36.4 Å². The van der Waals surface area contributed by atoms with E-state index in [-0.39, 0.29) is 18.4 Å². The van der Waals surface area contributed by atoms with Gasteiger partial charge < -0.3 is 14.2 Å².